The van der Waals surface area contributed by atoms with E-state index >= 15 is 0 Å². The second kappa shape index (κ2) is 3.76. The molecule has 1 aromatic rings. The van der Waals surface area contributed by atoms with Crippen LogP contribution in [0, 0.1) is 0 Å². The Morgan fingerprint density at radius 1 is 1.46 bits per heavy atom. The lowest BCUT2D eigenvalue weighted by molar-refractivity contribution is 0.0307. The van der Waals surface area contributed by atoms with Crippen molar-refractivity contribution in [2.75, 3.05) is 32.0 Å². The second-order valence-electron chi connectivity index (χ2n) is 3.04. The van der Waals surface area contributed by atoms with E-state index in [0.717, 1.165) is 32.8 Å². The lowest BCUT2D eigenvalue weighted by Gasteiger charge is -2.24. The van der Waals surface area contributed by atoms with Crippen molar-refractivity contribution < 1.29 is 9.15 Å². The highest BCUT2D eigenvalue weighted by atomic mass is 16.5. The van der Waals surface area contributed by atoms with Gasteiger partial charge in [-0.2, -0.15) is 0 Å². The Balaban J connectivity index is 1.89. The van der Waals surface area contributed by atoms with E-state index in [-0.39, 0.29) is 0 Å². The third kappa shape index (κ3) is 2.19. The Morgan fingerprint density at radius 3 is 2.85 bits per heavy atom. The third-order valence-corrected chi connectivity index (χ3v) is 2.03. The Hall–Kier alpha value is -1.07. The molecule has 0 bridgehead atoms. The van der Waals surface area contributed by atoms with E-state index in [2.05, 4.69) is 9.88 Å². The highest BCUT2D eigenvalue weighted by Gasteiger charge is 2.12. The molecule has 0 radical (unpaired) electrons. The van der Waals surface area contributed by atoms with Gasteiger partial charge in [-0.05, 0) is 0 Å². The van der Waals surface area contributed by atoms with Gasteiger partial charge in [0.05, 0.1) is 26.0 Å². The van der Waals surface area contributed by atoms with E-state index in [1.165, 1.54) is 6.20 Å². The number of nitrogens with two attached hydrogens (primary N) is 1. The van der Waals surface area contributed by atoms with Crippen molar-refractivity contribution in [3.8, 4) is 0 Å². The Bertz CT molecular complexity index is 268. The normalized spacial score (nSPS) is 19.1. The second-order valence-corrected chi connectivity index (χ2v) is 3.04. The number of hydrogen-bond donors (Lipinski definition) is 1. The largest absolute Gasteiger partial charge is 0.424 e. The van der Waals surface area contributed by atoms with Crippen LogP contribution in [0.5, 0.6) is 0 Å². The maximum Gasteiger partial charge on any atom is 0.211 e. The molecule has 1 aromatic heterocycles. The number of oxazole rings is 1. The molecule has 0 aromatic carbocycles. The smallest absolute Gasteiger partial charge is 0.211 e. The van der Waals surface area contributed by atoms with Gasteiger partial charge in [0, 0.05) is 13.1 Å². The van der Waals surface area contributed by atoms with E-state index in [0.29, 0.717) is 11.8 Å². The topological polar surface area (TPSA) is 64.5 Å². The van der Waals surface area contributed by atoms with Gasteiger partial charge in [-0.3, -0.25) is 4.90 Å². The van der Waals surface area contributed by atoms with Gasteiger partial charge >= 0.3 is 0 Å². The Morgan fingerprint density at radius 2 is 2.23 bits per heavy atom. The molecule has 0 unspecified atom stereocenters. The maximum absolute atomic E-state index is 5.41. The summed E-state index contributed by atoms with van der Waals surface area (Å²) in [7, 11) is 0. The average molecular weight is 183 g/mol. The quantitative estimate of drug-likeness (QED) is 0.704. The molecule has 1 aliphatic heterocycles. The molecule has 2 N–H and O–H groups in total. The number of anilines is 1. The van der Waals surface area contributed by atoms with E-state index in [1.807, 2.05) is 0 Å². The van der Waals surface area contributed by atoms with Crippen molar-refractivity contribution in [3.05, 3.63) is 12.1 Å². The summed E-state index contributed by atoms with van der Waals surface area (Å²) in [5.74, 6) is 1.06. The zero-order valence-corrected chi connectivity index (χ0v) is 7.40. The SMILES string of the molecule is Nc1cnc(CN2CCOCC2)o1. The van der Waals surface area contributed by atoms with E-state index in [1.54, 1.807) is 0 Å². The monoisotopic (exact) mass is 183 g/mol. The molecule has 5 nitrogen and oxygen atoms in total. The van der Waals surface area contributed by atoms with Crippen molar-refractivity contribution in [2.24, 2.45) is 0 Å². The van der Waals surface area contributed by atoms with Gasteiger partial charge < -0.3 is 14.9 Å². The summed E-state index contributed by atoms with van der Waals surface area (Å²) in [6.45, 7) is 4.16. The van der Waals surface area contributed by atoms with Crippen LogP contribution in [0.1, 0.15) is 5.89 Å². The summed E-state index contributed by atoms with van der Waals surface area (Å²) >= 11 is 0. The zero-order chi connectivity index (χ0) is 9.10. The Kier molecular flexibility index (Phi) is 2.47. The van der Waals surface area contributed by atoms with Crippen LogP contribution >= 0.6 is 0 Å². The number of hydrogen-bond acceptors (Lipinski definition) is 5. The predicted molar refractivity (Wildman–Crippen MR) is 47.0 cm³/mol. The zero-order valence-electron chi connectivity index (χ0n) is 7.40. The minimum atomic E-state index is 0.378. The van der Waals surface area contributed by atoms with Gasteiger partial charge in [-0.15, -0.1) is 0 Å². The molecule has 0 aliphatic carbocycles. The first kappa shape index (κ1) is 8.52. The summed E-state index contributed by atoms with van der Waals surface area (Å²) in [4.78, 5) is 6.27. The lowest BCUT2D eigenvalue weighted by Crippen LogP contribution is -2.35. The summed E-state index contributed by atoms with van der Waals surface area (Å²) in [5.41, 5.74) is 5.41. The predicted octanol–water partition coefficient (Wildman–Crippen LogP) is 0.0890. The number of nitrogen functional groups attached to an aromatic ring is 1. The molecule has 0 saturated carbocycles. The van der Waals surface area contributed by atoms with Crippen molar-refractivity contribution in [2.45, 2.75) is 6.54 Å². The highest BCUT2D eigenvalue weighted by molar-refractivity contribution is 5.17. The van der Waals surface area contributed by atoms with E-state index < -0.39 is 0 Å². The van der Waals surface area contributed by atoms with Crippen molar-refractivity contribution in [1.82, 2.24) is 9.88 Å². The molecular weight excluding hydrogens is 170 g/mol. The molecule has 2 heterocycles. The van der Waals surface area contributed by atoms with Crippen LogP contribution in [0.15, 0.2) is 10.6 Å². The molecule has 1 saturated heterocycles. The van der Waals surface area contributed by atoms with Crippen LogP contribution in [0.3, 0.4) is 0 Å². The van der Waals surface area contributed by atoms with Crippen LogP contribution in [-0.2, 0) is 11.3 Å². The van der Waals surface area contributed by atoms with E-state index in [9.17, 15) is 0 Å². The standard InChI is InChI=1S/C8H13N3O2/c9-7-5-10-8(13-7)6-11-1-3-12-4-2-11/h5H,1-4,6,9H2. The fourth-order valence-electron chi connectivity index (χ4n) is 1.35. The van der Waals surface area contributed by atoms with Crippen LogP contribution in [-0.4, -0.2) is 36.2 Å². The molecule has 72 valence electrons. The first-order chi connectivity index (χ1) is 6.34. The highest BCUT2D eigenvalue weighted by Crippen LogP contribution is 2.08. The minimum absolute atomic E-state index is 0.378. The lowest BCUT2D eigenvalue weighted by atomic mass is 10.4. The molecule has 0 spiro atoms. The van der Waals surface area contributed by atoms with Gasteiger partial charge in [0.2, 0.25) is 11.8 Å². The van der Waals surface area contributed by atoms with Crippen LogP contribution in [0.2, 0.25) is 0 Å². The number of morpholine rings is 1. The molecular formula is C8H13N3O2. The summed E-state index contributed by atoms with van der Waals surface area (Å²) in [6.07, 6.45) is 1.54. The van der Waals surface area contributed by atoms with Crippen LogP contribution in [0.25, 0.3) is 0 Å². The molecule has 5 heteroatoms. The third-order valence-electron chi connectivity index (χ3n) is 2.03. The van der Waals surface area contributed by atoms with Gasteiger partial charge in [0.25, 0.3) is 0 Å². The number of rotatable bonds is 2. The summed E-state index contributed by atoms with van der Waals surface area (Å²) in [5, 5.41) is 0. The minimum Gasteiger partial charge on any atom is -0.424 e. The molecule has 13 heavy (non-hydrogen) atoms. The van der Waals surface area contributed by atoms with Crippen molar-refractivity contribution in [1.29, 1.82) is 0 Å². The van der Waals surface area contributed by atoms with Gasteiger partial charge in [-0.25, -0.2) is 4.98 Å². The van der Waals surface area contributed by atoms with Gasteiger partial charge in [-0.1, -0.05) is 0 Å². The molecule has 0 amide bonds. The molecule has 1 aliphatic rings. The fourth-order valence-corrected chi connectivity index (χ4v) is 1.35. The van der Waals surface area contributed by atoms with Crippen LogP contribution in [0.4, 0.5) is 5.88 Å². The van der Waals surface area contributed by atoms with Gasteiger partial charge in [0.15, 0.2) is 0 Å². The molecule has 2 rings (SSSR count). The van der Waals surface area contributed by atoms with E-state index in [4.69, 9.17) is 14.9 Å². The number of nitrogens with zero attached hydrogens (tertiary/aromatic N) is 2. The van der Waals surface area contributed by atoms with Crippen molar-refractivity contribution >= 4 is 5.88 Å². The van der Waals surface area contributed by atoms with Crippen LogP contribution < -0.4 is 5.73 Å². The first-order valence-electron chi connectivity index (χ1n) is 4.35. The Labute approximate surface area is 76.5 Å². The number of aromatic nitrogens is 1. The fraction of sp³-hybridized carbons (Fsp3) is 0.625. The molecule has 0 atom stereocenters. The summed E-state index contributed by atoms with van der Waals surface area (Å²) in [6, 6.07) is 0. The van der Waals surface area contributed by atoms with Gasteiger partial charge in [0.1, 0.15) is 0 Å². The maximum atomic E-state index is 5.41. The first-order valence-corrected chi connectivity index (χ1v) is 4.35. The number of ether oxygens (including phenoxy) is 1. The average Bonchev–Trinajstić information content (AvgIpc) is 2.53. The summed E-state index contributed by atoms with van der Waals surface area (Å²) < 4.78 is 10.4. The van der Waals surface area contributed by atoms with Crippen molar-refractivity contribution in [3.63, 3.8) is 0 Å². The molecule has 1 fully saturated rings.